The zero-order chi connectivity index (χ0) is 27.4. The van der Waals surface area contributed by atoms with Crippen LogP contribution in [0.2, 0.25) is 0 Å². The molecule has 0 unspecified atom stereocenters. The van der Waals surface area contributed by atoms with E-state index < -0.39 is 17.6 Å². The largest absolute Gasteiger partial charge is 0.416 e. The van der Waals surface area contributed by atoms with Gasteiger partial charge >= 0.3 is 6.18 Å². The van der Waals surface area contributed by atoms with E-state index in [2.05, 4.69) is 20.5 Å². The number of halogens is 3. The van der Waals surface area contributed by atoms with E-state index in [0.717, 1.165) is 74.2 Å². The topological polar surface area (TPSA) is 83.3 Å². The maximum atomic E-state index is 13.0. The van der Waals surface area contributed by atoms with E-state index in [-0.39, 0.29) is 18.1 Å². The van der Waals surface area contributed by atoms with Gasteiger partial charge in [-0.15, -0.1) is 0 Å². The molecule has 2 aliphatic rings. The Morgan fingerprint density at radius 2 is 1.67 bits per heavy atom. The van der Waals surface area contributed by atoms with Crippen LogP contribution in [0.1, 0.15) is 54.4 Å². The molecule has 5 rings (SSSR count). The molecule has 0 radical (unpaired) electrons. The van der Waals surface area contributed by atoms with E-state index in [1.54, 1.807) is 30.5 Å². The number of benzene rings is 2. The first-order chi connectivity index (χ1) is 18.8. The van der Waals surface area contributed by atoms with E-state index in [0.29, 0.717) is 5.56 Å². The molecule has 6 nitrogen and oxygen atoms in total. The number of carbonyl (C=O) groups is 1. The van der Waals surface area contributed by atoms with Crippen LogP contribution in [-0.4, -0.2) is 42.1 Å². The molecule has 1 saturated carbocycles. The molecule has 4 N–H and O–H groups in total. The Balaban J connectivity index is 1.24. The number of amides is 1. The third-order valence-corrected chi connectivity index (χ3v) is 7.77. The average Bonchev–Trinajstić information content (AvgIpc) is 2.94. The molecule has 9 heteroatoms. The van der Waals surface area contributed by atoms with Crippen LogP contribution in [0.3, 0.4) is 0 Å². The first-order valence-electron chi connectivity index (χ1n) is 13.6. The molecule has 39 heavy (non-hydrogen) atoms. The summed E-state index contributed by atoms with van der Waals surface area (Å²) in [5, 5.41) is 7.51. The SMILES string of the molecule is NC(=O)c1cccc(-c2ccnc(N[C@@H]3CCCC[C@H]3N[C@H]3CCCN(c4ccc(C(F)(F)F)cc4)C3)c2)c1. The highest BCUT2D eigenvalue weighted by atomic mass is 19.4. The fraction of sp³-hybridized carbons (Fsp3) is 0.400. The minimum absolute atomic E-state index is 0.208. The van der Waals surface area contributed by atoms with Crippen molar-refractivity contribution in [3.8, 4) is 11.1 Å². The van der Waals surface area contributed by atoms with Crippen molar-refractivity contribution in [1.29, 1.82) is 0 Å². The van der Waals surface area contributed by atoms with Gasteiger partial charge in [0, 0.05) is 48.7 Å². The summed E-state index contributed by atoms with van der Waals surface area (Å²) in [7, 11) is 0. The highest BCUT2D eigenvalue weighted by Gasteiger charge is 2.32. The standard InChI is InChI=1S/C30H34F3N5O/c31-30(32,33)23-10-12-25(13-11-23)38-16-4-7-24(19-38)36-26-8-1-2-9-27(26)37-28-18-21(14-15-35-28)20-5-3-6-22(17-20)29(34)39/h3,5-6,10-15,17-18,24,26-27,36H,1-2,4,7-9,16,19H2,(H2,34,39)(H,35,37)/t24-,26+,27+/m0/s1. The van der Waals surface area contributed by atoms with Gasteiger partial charge in [-0.3, -0.25) is 4.79 Å². The van der Waals surface area contributed by atoms with Crippen LogP contribution >= 0.6 is 0 Å². The maximum absolute atomic E-state index is 13.0. The van der Waals surface area contributed by atoms with Crippen molar-refractivity contribution >= 4 is 17.4 Å². The highest BCUT2D eigenvalue weighted by Crippen LogP contribution is 2.32. The molecule has 1 saturated heterocycles. The fourth-order valence-electron chi connectivity index (χ4n) is 5.75. The molecular formula is C30H34F3N5O. The van der Waals surface area contributed by atoms with Crippen molar-refractivity contribution in [3.63, 3.8) is 0 Å². The monoisotopic (exact) mass is 537 g/mol. The van der Waals surface area contributed by atoms with Crippen LogP contribution in [0, 0.1) is 0 Å². The molecule has 0 spiro atoms. The van der Waals surface area contributed by atoms with Crippen molar-refractivity contribution in [2.24, 2.45) is 5.73 Å². The summed E-state index contributed by atoms with van der Waals surface area (Å²) >= 11 is 0. The van der Waals surface area contributed by atoms with Gasteiger partial charge < -0.3 is 21.3 Å². The minimum Gasteiger partial charge on any atom is -0.370 e. The number of pyridine rings is 1. The molecule has 1 aliphatic carbocycles. The zero-order valence-corrected chi connectivity index (χ0v) is 21.8. The molecule has 3 atom stereocenters. The van der Waals surface area contributed by atoms with E-state index >= 15 is 0 Å². The average molecular weight is 538 g/mol. The Hall–Kier alpha value is -3.59. The van der Waals surface area contributed by atoms with Crippen LogP contribution in [0.15, 0.2) is 66.9 Å². The van der Waals surface area contributed by atoms with Crippen molar-refractivity contribution in [2.45, 2.75) is 62.8 Å². The lowest BCUT2D eigenvalue weighted by Crippen LogP contribution is -2.55. The first-order valence-corrected chi connectivity index (χ1v) is 13.6. The van der Waals surface area contributed by atoms with Crippen LogP contribution in [-0.2, 0) is 6.18 Å². The molecule has 206 valence electrons. The molecule has 2 aromatic carbocycles. The summed E-state index contributed by atoms with van der Waals surface area (Å²) in [6, 6.07) is 17.4. The fourth-order valence-corrected chi connectivity index (χ4v) is 5.75. The van der Waals surface area contributed by atoms with Crippen molar-refractivity contribution in [2.75, 3.05) is 23.3 Å². The number of carbonyl (C=O) groups excluding carboxylic acids is 1. The minimum atomic E-state index is -4.32. The van der Waals surface area contributed by atoms with Crippen LogP contribution in [0.4, 0.5) is 24.7 Å². The summed E-state index contributed by atoms with van der Waals surface area (Å²) < 4.78 is 38.9. The number of alkyl halides is 3. The van der Waals surface area contributed by atoms with E-state index in [9.17, 15) is 18.0 Å². The van der Waals surface area contributed by atoms with Crippen LogP contribution in [0.25, 0.3) is 11.1 Å². The van der Waals surface area contributed by atoms with E-state index in [1.165, 1.54) is 12.1 Å². The summed E-state index contributed by atoms with van der Waals surface area (Å²) in [4.78, 5) is 18.3. The number of aromatic nitrogens is 1. The van der Waals surface area contributed by atoms with Gasteiger partial charge in [0.25, 0.3) is 0 Å². The number of hydrogen-bond donors (Lipinski definition) is 3. The van der Waals surface area contributed by atoms with Crippen LogP contribution in [0.5, 0.6) is 0 Å². The molecule has 2 fully saturated rings. The predicted molar refractivity (Wildman–Crippen MR) is 148 cm³/mol. The van der Waals surface area contributed by atoms with Gasteiger partial charge in [-0.1, -0.05) is 25.0 Å². The molecule has 3 aromatic rings. The Morgan fingerprint density at radius 1 is 0.923 bits per heavy atom. The second-order valence-corrected chi connectivity index (χ2v) is 10.5. The zero-order valence-electron chi connectivity index (χ0n) is 21.8. The number of nitrogens with one attached hydrogen (secondary N) is 2. The van der Waals surface area contributed by atoms with Crippen molar-refractivity contribution in [3.05, 3.63) is 78.0 Å². The quantitative estimate of drug-likeness (QED) is 0.352. The summed E-state index contributed by atoms with van der Waals surface area (Å²) in [6.45, 7) is 1.60. The van der Waals surface area contributed by atoms with E-state index in [4.69, 9.17) is 5.73 Å². The normalized spacial score (nSPS) is 21.9. The van der Waals surface area contributed by atoms with Crippen molar-refractivity contribution in [1.82, 2.24) is 10.3 Å². The van der Waals surface area contributed by atoms with Gasteiger partial charge in [0.05, 0.1) is 5.56 Å². The molecule has 1 aliphatic heterocycles. The number of rotatable bonds is 7. The third-order valence-electron chi connectivity index (χ3n) is 7.77. The lowest BCUT2D eigenvalue weighted by Gasteiger charge is -2.40. The summed E-state index contributed by atoms with van der Waals surface area (Å²) in [6.07, 6.45) is 3.82. The van der Waals surface area contributed by atoms with E-state index in [1.807, 2.05) is 24.3 Å². The molecule has 2 heterocycles. The number of nitrogens with zero attached hydrogens (tertiary/aromatic N) is 2. The number of hydrogen-bond acceptors (Lipinski definition) is 5. The molecule has 0 bridgehead atoms. The Labute approximate surface area is 226 Å². The van der Waals surface area contributed by atoms with Crippen LogP contribution < -0.4 is 21.3 Å². The van der Waals surface area contributed by atoms with Crippen molar-refractivity contribution < 1.29 is 18.0 Å². The number of nitrogens with two attached hydrogens (primary N) is 1. The highest BCUT2D eigenvalue weighted by molar-refractivity contribution is 5.94. The third kappa shape index (κ3) is 6.71. The van der Waals surface area contributed by atoms with Gasteiger partial charge in [0.2, 0.25) is 5.91 Å². The number of piperidine rings is 1. The van der Waals surface area contributed by atoms with Gasteiger partial charge in [-0.2, -0.15) is 13.2 Å². The second-order valence-electron chi connectivity index (χ2n) is 10.5. The summed E-state index contributed by atoms with van der Waals surface area (Å²) in [5.74, 6) is 0.325. The lowest BCUT2D eigenvalue weighted by atomic mass is 9.89. The number of primary amides is 1. The first kappa shape index (κ1) is 27.0. The lowest BCUT2D eigenvalue weighted by molar-refractivity contribution is -0.137. The second kappa shape index (κ2) is 11.7. The van der Waals surface area contributed by atoms with Gasteiger partial charge in [0.1, 0.15) is 5.82 Å². The Bertz CT molecular complexity index is 1280. The van der Waals surface area contributed by atoms with Gasteiger partial charge in [-0.05, 0) is 85.3 Å². The predicted octanol–water partition coefficient (Wildman–Crippen LogP) is 5.85. The Morgan fingerprint density at radius 3 is 2.41 bits per heavy atom. The molecular weight excluding hydrogens is 503 g/mol. The Kier molecular flexibility index (Phi) is 8.07. The van der Waals surface area contributed by atoms with Gasteiger partial charge in [-0.25, -0.2) is 4.98 Å². The molecule has 1 aromatic heterocycles. The maximum Gasteiger partial charge on any atom is 0.416 e. The molecule has 1 amide bonds. The summed E-state index contributed by atoms with van der Waals surface area (Å²) in [5.41, 5.74) is 7.99. The smallest absolute Gasteiger partial charge is 0.370 e. The van der Waals surface area contributed by atoms with Gasteiger partial charge in [0.15, 0.2) is 0 Å². The number of anilines is 2.